The number of nitrogens with zero attached hydrogens (tertiary/aromatic N) is 1. The number of carbonyl (C=O) groups is 1. The Balaban J connectivity index is 2.57. The van der Waals surface area contributed by atoms with Crippen molar-refractivity contribution in [3.8, 4) is 5.75 Å². The van der Waals surface area contributed by atoms with Crippen LogP contribution in [0.25, 0.3) is 0 Å². The molecule has 0 heterocycles. The van der Waals surface area contributed by atoms with Crippen LogP contribution in [0, 0.1) is 3.57 Å². The molecule has 1 N–H and O–H groups in total. The molecule has 17 heavy (non-hydrogen) atoms. The maximum absolute atomic E-state index is 10.8. The highest BCUT2D eigenvalue weighted by Gasteiger charge is 2.07. The smallest absolute Gasteiger partial charge is 0.335 e. The molecule has 0 fully saturated rings. The Kier molecular flexibility index (Phi) is 5.70. The SMILES string of the molecule is CN(C)CCCOc1cc(C(=O)O)ccc1I. The molecule has 0 unspecified atom stereocenters. The van der Waals surface area contributed by atoms with Gasteiger partial charge in [0, 0.05) is 6.54 Å². The van der Waals surface area contributed by atoms with E-state index in [1.165, 1.54) is 0 Å². The van der Waals surface area contributed by atoms with Crippen LogP contribution in [0.1, 0.15) is 16.8 Å². The summed E-state index contributed by atoms with van der Waals surface area (Å²) in [5, 5.41) is 8.88. The van der Waals surface area contributed by atoms with Crippen LogP contribution < -0.4 is 4.74 Å². The van der Waals surface area contributed by atoms with E-state index in [9.17, 15) is 4.79 Å². The molecule has 1 rings (SSSR count). The normalized spacial score (nSPS) is 10.6. The summed E-state index contributed by atoms with van der Waals surface area (Å²) in [4.78, 5) is 12.9. The lowest BCUT2D eigenvalue weighted by Gasteiger charge is -2.11. The van der Waals surface area contributed by atoms with E-state index >= 15 is 0 Å². The second-order valence-electron chi connectivity index (χ2n) is 3.96. The van der Waals surface area contributed by atoms with Crippen LogP contribution in [0.4, 0.5) is 0 Å². The Labute approximate surface area is 115 Å². The van der Waals surface area contributed by atoms with Crippen LogP contribution in [-0.2, 0) is 0 Å². The third-order valence-corrected chi connectivity index (χ3v) is 3.08. The van der Waals surface area contributed by atoms with Gasteiger partial charge in [0.2, 0.25) is 0 Å². The van der Waals surface area contributed by atoms with Crippen LogP contribution in [0.5, 0.6) is 5.75 Å². The number of aromatic carboxylic acids is 1. The van der Waals surface area contributed by atoms with Crippen molar-refractivity contribution in [2.45, 2.75) is 6.42 Å². The summed E-state index contributed by atoms with van der Waals surface area (Å²) in [6.07, 6.45) is 0.917. The lowest BCUT2D eigenvalue weighted by atomic mass is 10.2. The first-order chi connectivity index (χ1) is 8.00. The molecular formula is C12H16INO3. The molecule has 0 aliphatic heterocycles. The summed E-state index contributed by atoms with van der Waals surface area (Å²) < 4.78 is 6.51. The fourth-order valence-electron chi connectivity index (χ4n) is 1.31. The van der Waals surface area contributed by atoms with Crippen molar-refractivity contribution in [1.82, 2.24) is 4.90 Å². The van der Waals surface area contributed by atoms with E-state index in [0.717, 1.165) is 16.5 Å². The van der Waals surface area contributed by atoms with Gasteiger partial charge >= 0.3 is 5.97 Å². The fraction of sp³-hybridized carbons (Fsp3) is 0.417. The molecule has 0 aliphatic rings. The minimum Gasteiger partial charge on any atom is -0.492 e. The zero-order valence-electron chi connectivity index (χ0n) is 9.94. The van der Waals surface area contributed by atoms with Gasteiger partial charge in [-0.1, -0.05) is 0 Å². The molecule has 0 radical (unpaired) electrons. The number of rotatable bonds is 6. The Morgan fingerprint density at radius 1 is 1.47 bits per heavy atom. The van der Waals surface area contributed by atoms with E-state index < -0.39 is 5.97 Å². The summed E-state index contributed by atoms with van der Waals surface area (Å²) in [7, 11) is 4.02. The standard InChI is InChI=1S/C12H16INO3/c1-14(2)6-3-7-17-11-8-9(12(15)16)4-5-10(11)13/h4-5,8H,3,6-7H2,1-2H3,(H,15,16). The molecule has 0 amide bonds. The van der Waals surface area contributed by atoms with Gasteiger partial charge in [0.05, 0.1) is 15.7 Å². The van der Waals surface area contributed by atoms with Crippen molar-refractivity contribution in [3.63, 3.8) is 0 Å². The van der Waals surface area contributed by atoms with Gasteiger partial charge in [0.15, 0.2) is 0 Å². The third-order valence-electron chi connectivity index (χ3n) is 2.19. The minimum atomic E-state index is -0.931. The van der Waals surface area contributed by atoms with E-state index in [0.29, 0.717) is 12.4 Å². The first-order valence-corrected chi connectivity index (χ1v) is 6.39. The largest absolute Gasteiger partial charge is 0.492 e. The first-order valence-electron chi connectivity index (χ1n) is 5.31. The highest BCUT2D eigenvalue weighted by Crippen LogP contribution is 2.22. The maximum atomic E-state index is 10.8. The monoisotopic (exact) mass is 349 g/mol. The molecule has 0 aliphatic carbocycles. The topological polar surface area (TPSA) is 49.8 Å². The van der Waals surface area contributed by atoms with E-state index in [2.05, 4.69) is 27.5 Å². The highest BCUT2D eigenvalue weighted by atomic mass is 127. The van der Waals surface area contributed by atoms with E-state index in [-0.39, 0.29) is 5.56 Å². The second-order valence-corrected chi connectivity index (χ2v) is 5.12. The lowest BCUT2D eigenvalue weighted by Crippen LogP contribution is -2.15. The van der Waals surface area contributed by atoms with Gasteiger partial charge in [0.25, 0.3) is 0 Å². The van der Waals surface area contributed by atoms with E-state index in [1.54, 1.807) is 18.2 Å². The van der Waals surface area contributed by atoms with Crippen molar-refractivity contribution in [2.75, 3.05) is 27.2 Å². The van der Waals surface area contributed by atoms with Gasteiger partial charge in [-0.05, 0) is 61.3 Å². The van der Waals surface area contributed by atoms with E-state index in [1.807, 2.05) is 14.1 Å². The molecule has 0 spiro atoms. The number of carboxylic acids is 1. The summed E-state index contributed by atoms with van der Waals surface area (Å²) in [6.45, 7) is 1.55. The number of hydrogen-bond acceptors (Lipinski definition) is 3. The van der Waals surface area contributed by atoms with Crippen molar-refractivity contribution < 1.29 is 14.6 Å². The van der Waals surface area contributed by atoms with Crippen LogP contribution in [0.15, 0.2) is 18.2 Å². The summed E-state index contributed by atoms with van der Waals surface area (Å²) in [6, 6.07) is 4.90. The molecule has 1 aromatic carbocycles. The number of ether oxygens (including phenoxy) is 1. The molecule has 0 atom stereocenters. The van der Waals surface area contributed by atoms with Crippen molar-refractivity contribution in [3.05, 3.63) is 27.3 Å². The zero-order chi connectivity index (χ0) is 12.8. The van der Waals surface area contributed by atoms with Crippen LogP contribution in [0.2, 0.25) is 0 Å². The molecular weight excluding hydrogens is 333 g/mol. The predicted octanol–water partition coefficient (Wildman–Crippen LogP) is 2.32. The molecule has 0 aromatic heterocycles. The van der Waals surface area contributed by atoms with Gasteiger partial charge in [0.1, 0.15) is 5.75 Å². The Morgan fingerprint density at radius 2 is 2.18 bits per heavy atom. The molecule has 5 heteroatoms. The van der Waals surface area contributed by atoms with E-state index in [4.69, 9.17) is 9.84 Å². The van der Waals surface area contributed by atoms with Crippen LogP contribution in [0.3, 0.4) is 0 Å². The molecule has 1 aromatic rings. The molecule has 0 saturated carbocycles. The quantitative estimate of drug-likeness (QED) is 0.633. The van der Waals surface area contributed by atoms with Crippen LogP contribution in [-0.4, -0.2) is 43.2 Å². The van der Waals surface area contributed by atoms with Gasteiger partial charge in [-0.25, -0.2) is 4.79 Å². The number of carboxylic acid groups (broad SMARTS) is 1. The number of hydrogen-bond donors (Lipinski definition) is 1. The molecule has 4 nitrogen and oxygen atoms in total. The van der Waals surface area contributed by atoms with Crippen molar-refractivity contribution in [1.29, 1.82) is 0 Å². The summed E-state index contributed by atoms with van der Waals surface area (Å²) >= 11 is 2.14. The minimum absolute atomic E-state index is 0.257. The summed E-state index contributed by atoms with van der Waals surface area (Å²) in [5.74, 6) is -0.288. The first kappa shape index (κ1) is 14.2. The lowest BCUT2D eigenvalue weighted by molar-refractivity contribution is 0.0696. The summed E-state index contributed by atoms with van der Waals surface area (Å²) in [5.41, 5.74) is 0.257. The number of benzene rings is 1. The van der Waals surface area contributed by atoms with Crippen LogP contribution >= 0.6 is 22.6 Å². The average Bonchev–Trinajstić information content (AvgIpc) is 2.25. The predicted molar refractivity (Wildman–Crippen MR) is 74.8 cm³/mol. The molecule has 0 bridgehead atoms. The Hall–Kier alpha value is -0.820. The van der Waals surface area contributed by atoms with Gasteiger partial charge in [-0.15, -0.1) is 0 Å². The maximum Gasteiger partial charge on any atom is 0.335 e. The fourth-order valence-corrected chi connectivity index (χ4v) is 1.80. The third kappa shape index (κ3) is 4.91. The molecule has 0 saturated heterocycles. The van der Waals surface area contributed by atoms with Crippen molar-refractivity contribution in [2.24, 2.45) is 0 Å². The van der Waals surface area contributed by atoms with Gasteiger partial charge < -0.3 is 14.7 Å². The average molecular weight is 349 g/mol. The second kappa shape index (κ2) is 6.80. The number of halogens is 1. The Morgan fingerprint density at radius 3 is 2.76 bits per heavy atom. The Bertz CT molecular complexity index is 393. The van der Waals surface area contributed by atoms with Gasteiger partial charge in [-0.2, -0.15) is 0 Å². The molecule has 94 valence electrons. The zero-order valence-corrected chi connectivity index (χ0v) is 12.1. The van der Waals surface area contributed by atoms with Crippen molar-refractivity contribution >= 4 is 28.6 Å². The van der Waals surface area contributed by atoms with Gasteiger partial charge in [-0.3, -0.25) is 0 Å². The highest BCUT2D eigenvalue weighted by molar-refractivity contribution is 14.1.